The van der Waals surface area contributed by atoms with E-state index >= 15 is 0 Å². The maximum atomic E-state index is 12.2. The van der Waals surface area contributed by atoms with Gasteiger partial charge in [-0.25, -0.2) is 19.3 Å². The molecule has 1 aromatic rings. The number of benzene rings is 1. The number of hydrogen-bond donors (Lipinski definition) is 3. The standard InChI is InChI=1S/C12H16BrN3O4S/c1-2-20-12(17)10-7-11(15-14-10)21(18,19)16-9-5-3-8(13)4-6-9/h3-6,10-11,14-16H,2,7H2,1H3. The fraction of sp³-hybridized carbons (Fsp3) is 0.417. The average molecular weight is 378 g/mol. The summed E-state index contributed by atoms with van der Waals surface area (Å²) in [5.41, 5.74) is 5.71. The minimum absolute atomic E-state index is 0.102. The molecule has 21 heavy (non-hydrogen) atoms. The number of rotatable bonds is 5. The van der Waals surface area contributed by atoms with Crippen LogP contribution in [0.25, 0.3) is 0 Å². The predicted octanol–water partition coefficient (Wildman–Crippen LogP) is 0.946. The van der Waals surface area contributed by atoms with Crippen molar-refractivity contribution in [2.24, 2.45) is 0 Å². The molecule has 0 spiro atoms. The lowest BCUT2D eigenvalue weighted by Crippen LogP contribution is -2.41. The molecule has 3 N–H and O–H groups in total. The second kappa shape index (κ2) is 6.73. The number of ether oxygens (including phenoxy) is 1. The summed E-state index contributed by atoms with van der Waals surface area (Å²) in [4.78, 5) is 11.6. The van der Waals surface area contributed by atoms with Gasteiger partial charge in [0.05, 0.1) is 6.61 Å². The molecule has 0 radical (unpaired) electrons. The lowest BCUT2D eigenvalue weighted by atomic mass is 10.2. The van der Waals surface area contributed by atoms with Gasteiger partial charge in [-0.05, 0) is 31.2 Å². The first-order valence-electron chi connectivity index (χ1n) is 6.37. The maximum absolute atomic E-state index is 12.2. The molecule has 1 fully saturated rings. The molecule has 9 heteroatoms. The third kappa shape index (κ3) is 4.16. The largest absolute Gasteiger partial charge is 0.465 e. The van der Waals surface area contributed by atoms with E-state index in [0.717, 1.165) is 4.47 Å². The second-order valence-corrected chi connectivity index (χ2v) is 7.25. The Morgan fingerprint density at radius 2 is 2.05 bits per heavy atom. The van der Waals surface area contributed by atoms with Crippen LogP contribution in [0.4, 0.5) is 5.69 Å². The highest BCUT2D eigenvalue weighted by atomic mass is 79.9. The lowest BCUT2D eigenvalue weighted by molar-refractivity contribution is -0.145. The first-order valence-corrected chi connectivity index (χ1v) is 8.71. The number of anilines is 1. The van der Waals surface area contributed by atoms with Crippen molar-refractivity contribution in [3.8, 4) is 0 Å². The number of carbonyl (C=O) groups is 1. The van der Waals surface area contributed by atoms with Crippen molar-refractivity contribution in [2.75, 3.05) is 11.3 Å². The van der Waals surface area contributed by atoms with E-state index in [-0.39, 0.29) is 13.0 Å². The van der Waals surface area contributed by atoms with Gasteiger partial charge in [-0.1, -0.05) is 15.9 Å². The molecule has 0 aliphatic carbocycles. The molecular formula is C12H16BrN3O4S. The van der Waals surface area contributed by atoms with Crippen LogP contribution >= 0.6 is 15.9 Å². The highest BCUT2D eigenvalue weighted by Gasteiger charge is 2.37. The van der Waals surface area contributed by atoms with Crippen molar-refractivity contribution in [2.45, 2.75) is 24.8 Å². The van der Waals surface area contributed by atoms with Crippen LogP contribution in [-0.2, 0) is 19.6 Å². The summed E-state index contributed by atoms with van der Waals surface area (Å²) in [5, 5.41) is -0.907. The van der Waals surface area contributed by atoms with E-state index in [1.807, 2.05) is 0 Å². The zero-order valence-corrected chi connectivity index (χ0v) is 13.7. The number of hydrazine groups is 1. The van der Waals surface area contributed by atoms with Crippen LogP contribution in [0.1, 0.15) is 13.3 Å². The van der Waals surface area contributed by atoms with Crippen molar-refractivity contribution >= 4 is 37.6 Å². The van der Waals surface area contributed by atoms with Crippen molar-refractivity contribution < 1.29 is 17.9 Å². The summed E-state index contributed by atoms with van der Waals surface area (Å²) in [6.45, 7) is 1.95. The molecule has 7 nitrogen and oxygen atoms in total. The van der Waals surface area contributed by atoms with Gasteiger partial charge < -0.3 is 4.74 Å². The molecule has 2 atom stereocenters. The Bertz CT molecular complexity index is 605. The second-order valence-electron chi connectivity index (χ2n) is 4.47. The van der Waals surface area contributed by atoms with Crippen LogP contribution in [0.5, 0.6) is 0 Å². The molecule has 1 aromatic carbocycles. The van der Waals surface area contributed by atoms with Gasteiger partial charge in [0, 0.05) is 16.6 Å². The number of carbonyl (C=O) groups excluding carboxylic acids is 1. The molecule has 1 heterocycles. The van der Waals surface area contributed by atoms with Gasteiger partial charge in [0.2, 0.25) is 10.0 Å². The van der Waals surface area contributed by atoms with Gasteiger partial charge in [-0.2, -0.15) is 0 Å². The zero-order chi connectivity index (χ0) is 15.5. The fourth-order valence-electron chi connectivity index (χ4n) is 1.88. The Balaban J connectivity index is 2.01. The Morgan fingerprint density at radius 3 is 2.67 bits per heavy atom. The van der Waals surface area contributed by atoms with Gasteiger partial charge in [0.25, 0.3) is 0 Å². The summed E-state index contributed by atoms with van der Waals surface area (Å²) in [6, 6.07) is 6.09. The summed E-state index contributed by atoms with van der Waals surface area (Å²) >= 11 is 3.28. The molecule has 0 bridgehead atoms. The molecular weight excluding hydrogens is 362 g/mol. The fourth-order valence-corrected chi connectivity index (χ4v) is 3.42. The highest BCUT2D eigenvalue weighted by Crippen LogP contribution is 2.19. The van der Waals surface area contributed by atoms with Crippen LogP contribution in [0, 0.1) is 0 Å². The predicted molar refractivity (Wildman–Crippen MR) is 81.8 cm³/mol. The number of nitrogens with one attached hydrogen (secondary N) is 3. The summed E-state index contributed by atoms with van der Waals surface area (Å²) in [5.74, 6) is -0.466. The Labute approximate surface area is 131 Å². The van der Waals surface area contributed by atoms with Crippen LogP contribution < -0.4 is 15.6 Å². The van der Waals surface area contributed by atoms with Crippen molar-refractivity contribution in [1.29, 1.82) is 0 Å². The maximum Gasteiger partial charge on any atom is 0.324 e. The van der Waals surface area contributed by atoms with Gasteiger partial charge in [-0.3, -0.25) is 9.52 Å². The number of halogens is 1. The van der Waals surface area contributed by atoms with Crippen molar-refractivity contribution in [3.63, 3.8) is 0 Å². The van der Waals surface area contributed by atoms with E-state index < -0.39 is 27.4 Å². The molecule has 2 rings (SSSR count). The number of hydrogen-bond acceptors (Lipinski definition) is 6. The molecule has 0 aromatic heterocycles. The lowest BCUT2D eigenvalue weighted by Gasteiger charge is -2.13. The van der Waals surface area contributed by atoms with Crippen LogP contribution in [-0.4, -0.2) is 32.4 Å². The molecule has 0 saturated carbocycles. The SMILES string of the molecule is CCOC(=O)C1CC(S(=O)(=O)Nc2ccc(Br)cc2)NN1. The van der Waals surface area contributed by atoms with Crippen molar-refractivity contribution in [3.05, 3.63) is 28.7 Å². The van der Waals surface area contributed by atoms with E-state index in [9.17, 15) is 13.2 Å². The Kier molecular flexibility index (Phi) is 5.20. The highest BCUT2D eigenvalue weighted by molar-refractivity contribution is 9.10. The zero-order valence-electron chi connectivity index (χ0n) is 11.3. The van der Waals surface area contributed by atoms with Crippen LogP contribution in [0.2, 0.25) is 0 Å². The number of sulfonamides is 1. The van der Waals surface area contributed by atoms with Crippen LogP contribution in [0.15, 0.2) is 28.7 Å². The molecule has 116 valence electrons. The summed E-state index contributed by atoms with van der Waals surface area (Å²) in [7, 11) is -3.65. The normalized spacial score (nSPS) is 22.0. The molecule has 0 amide bonds. The van der Waals surface area contributed by atoms with Gasteiger partial charge in [-0.15, -0.1) is 0 Å². The van der Waals surface area contributed by atoms with E-state index in [2.05, 4.69) is 31.5 Å². The van der Waals surface area contributed by atoms with Gasteiger partial charge >= 0.3 is 5.97 Å². The van der Waals surface area contributed by atoms with E-state index in [1.165, 1.54) is 0 Å². The van der Waals surface area contributed by atoms with Gasteiger partial charge in [0.1, 0.15) is 11.4 Å². The van der Waals surface area contributed by atoms with E-state index in [1.54, 1.807) is 31.2 Å². The minimum Gasteiger partial charge on any atom is -0.465 e. The minimum atomic E-state index is -3.65. The molecule has 1 saturated heterocycles. The topological polar surface area (TPSA) is 96.5 Å². The summed E-state index contributed by atoms with van der Waals surface area (Å²) < 4.78 is 32.7. The Morgan fingerprint density at radius 1 is 1.38 bits per heavy atom. The monoisotopic (exact) mass is 377 g/mol. The third-order valence-electron chi connectivity index (χ3n) is 2.92. The Hall–Kier alpha value is -1.16. The van der Waals surface area contributed by atoms with Crippen molar-refractivity contribution in [1.82, 2.24) is 10.9 Å². The van der Waals surface area contributed by atoms with E-state index in [0.29, 0.717) is 5.69 Å². The average Bonchev–Trinajstić information content (AvgIpc) is 2.92. The van der Waals surface area contributed by atoms with E-state index in [4.69, 9.17) is 4.74 Å². The smallest absolute Gasteiger partial charge is 0.324 e. The molecule has 1 aliphatic heterocycles. The first kappa shape index (κ1) is 16.2. The summed E-state index contributed by atoms with van der Waals surface area (Å²) in [6.07, 6.45) is 0.102. The molecule has 1 aliphatic rings. The first-order chi connectivity index (χ1) is 9.92. The van der Waals surface area contributed by atoms with Gasteiger partial charge in [0.15, 0.2) is 0 Å². The third-order valence-corrected chi connectivity index (χ3v) is 5.03. The van der Waals surface area contributed by atoms with Crippen LogP contribution in [0.3, 0.4) is 0 Å². The number of esters is 1. The molecule has 2 unspecified atom stereocenters. The quantitative estimate of drug-likeness (QED) is 0.661.